The predicted molar refractivity (Wildman–Crippen MR) is 80.4 cm³/mol. The van der Waals surface area contributed by atoms with Gasteiger partial charge in [-0.2, -0.15) is 13.2 Å². The summed E-state index contributed by atoms with van der Waals surface area (Å²) in [5.74, 6) is -1.16. The Balaban J connectivity index is 2.09. The predicted octanol–water partition coefficient (Wildman–Crippen LogP) is 3.40. The second-order valence-electron chi connectivity index (χ2n) is 4.92. The Hall–Kier alpha value is -2.77. The number of amides is 2. The Kier molecular flexibility index (Phi) is 5.28. The molecule has 2 amide bonds. The third-order valence-electron chi connectivity index (χ3n) is 3.28. The van der Waals surface area contributed by atoms with E-state index < -0.39 is 23.6 Å². The fourth-order valence-corrected chi connectivity index (χ4v) is 2.10. The van der Waals surface area contributed by atoms with Crippen LogP contribution in [-0.2, 0) is 11.0 Å². The molecular weight excluding hydrogens is 325 g/mol. The number of hydrogen-bond donors (Lipinski definition) is 1. The molecule has 1 heterocycles. The van der Waals surface area contributed by atoms with Gasteiger partial charge in [-0.05, 0) is 25.1 Å². The van der Waals surface area contributed by atoms with Gasteiger partial charge in [0, 0.05) is 6.54 Å². The number of furan rings is 1. The van der Waals surface area contributed by atoms with Crippen molar-refractivity contribution in [1.29, 1.82) is 0 Å². The van der Waals surface area contributed by atoms with E-state index in [0.717, 1.165) is 12.1 Å². The molecule has 5 nitrogen and oxygen atoms in total. The lowest BCUT2D eigenvalue weighted by Crippen LogP contribution is -2.37. The number of halogens is 3. The lowest BCUT2D eigenvalue weighted by atomic mass is 10.1. The molecule has 1 aromatic carbocycles. The second kappa shape index (κ2) is 7.20. The Labute approximate surface area is 136 Å². The number of rotatable bonds is 5. The summed E-state index contributed by atoms with van der Waals surface area (Å²) in [6, 6.07) is 6.11. The maximum Gasteiger partial charge on any atom is 0.418 e. The van der Waals surface area contributed by atoms with Crippen LogP contribution in [0.15, 0.2) is 47.3 Å². The highest BCUT2D eigenvalue weighted by atomic mass is 19.4. The smallest absolute Gasteiger partial charge is 0.418 e. The normalized spacial score (nSPS) is 11.2. The Morgan fingerprint density at radius 3 is 2.50 bits per heavy atom. The molecule has 0 aliphatic heterocycles. The molecular formula is C16H15F3N2O3. The summed E-state index contributed by atoms with van der Waals surface area (Å²) in [6.07, 6.45) is -2.02. The standard InChI is InChI=1S/C16H15F3N2O3/c1-2-21(15(23)11-7-8-24-10-11)9-14(22)20-13-6-4-3-5-12(13)16(17,18)19/h3-8,10H,2,9H2,1H3,(H,20,22). The summed E-state index contributed by atoms with van der Waals surface area (Å²) in [7, 11) is 0. The van der Waals surface area contributed by atoms with E-state index in [0.29, 0.717) is 0 Å². The first kappa shape index (κ1) is 17.6. The van der Waals surface area contributed by atoms with Gasteiger partial charge in [-0.1, -0.05) is 12.1 Å². The van der Waals surface area contributed by atoms with Crippen LogP contribution >= 0.6 is 0 Å². The van der Waals surface area contributed by atoms with Crippen molar-refractivity contribution in [3.8, 4) is 0 Å². The molecule has 0 aliphatic carbocycles. The highest BCUT2D eigenvalue weighted by Crippen LogP contribution is 2.34. The number of carbonyl (C=O) groups excluding carboxylic acids is 2. The lowest BCUT2D eigenvalue weighted by molar-refractivity contribution is -0.137. The van der Waals surface area contributed by atoms with Crippen LogP contribution in [0, 0.1) is 0 Å². The SMILES string of the molecule is CCN(CC(=O)Nc1ccccc1C(F)(F)F)C(=O)c1ccoc1. The molecule has 1 aromatic heterocycles. The first-order chi connectivity index (χ1) is 11.3. The molecule has 0 spiro atoms. The van der Waals surface area contributed by atoms with Gasteiger partial charge in [0.25, 0.3) is 5.91 Å². The van der Waals surface area contributed by atoms with Gasteiger partial charge in [-0.25, -0.2) is 0 Å². The first-order valence-electron chi connectivity index (χ1n) is 7.10. The van der Waals surface area contributed by atoms with E-state index in [-0.39, 0.29) is 24.3 Å². The summed E-state index contributed by atoms with van der Waals surface area (Å²) < 4.78 is 43.6. The van der Waals surface area contributed by atoms with Crippen molar-refractivity contribution in [1.82, 2.24) is 4.90 Å². The molecule has 2 aromatic rings. The van der Waals surface area contributed by atoms with Crippen molar-refractivity contribution in [2.45, 2.75) is 13.1 Å². The van der Waals surface area contributed by atoms with Crippen LogP contribution in [0.1, 0.15) is 22.8 Å². The van der Waals surface area contributed by atoms with Crippen LogP contribution in [0.5, 0.6) is 0 Å². The summed E-state index contributed by atoms with van der Waals surface area (Å²) in [4.78, 5) is 25.4. The van der Waals surface area contributed by atoms with Crippen molar-refractivity contribution in [3.05, 3.63) is 54.0 Å². The number of carbonyl (C=O) groups is 2. The van der Waals surface area contributed by atoms with Crippen LogP contribution < -0.4 is 5.32 Å². The number of benzene rings is 1. The van der Waals surface area contributed by atoms with Crippen molar-refractivity contribution in [2.75, 3.05) is 18.4 Å². The second-order valence-corrected chi connectivity index (χ2v) is 4.92. The van der Waals surface area contributed by atoms with Gasteiger partial charge >= 0.3 is 6.18 Å². The molecule has 0 fully saturated rings. The van der Waals surface area contributed by atoms with E-state index in [2.05, 4.69) is 5.32 Å². The summed E-state index contributed by atoms with van der Waals surface area (Å²) >= 11 is 0. The van der Waals surface area contributed by atoms with Gasteiger partial charge in [0.05, 0.1) is 23.1 Å². The molecule has 128 valence electrons. The fourth-order valence-electron chi connectivity index (χ4n) is 2.10. The van der Waals surface area contributed by atoms with Crippen molar-refractivity contribution >= 4 is 17.5 Å². The van der Waals surface area contributed by atoms with Gasteiger partial charge < -0.3 is 14.6 Å². The Bertz CT molecular complexity index is 712. The average molecular weight is 340 g/mol. The molecule has 24 heavy (non-hydrogen) atoms. The zero-order valence-electron chi connectivity index (χ0n) is 12.8. The lowest BCUT2D eigenvalue weighted by Gasteiger charge is -2.20. The topological polar surface area (TPSA) is 62.6 Å². The fraction of sp³-hybridized carbons (Fsp3) is 0.250. The molecule has 0 bridgehead atoms. The van der Waals surface area contributed by atoms with E-state index in [4.69, 9.17) is 4.42 Å². The van der Waals surface area contributed by atoms with E-state index in [9.17, 15) is 22.8 Å². The third kappa shape index (κ3) is 4.15. The zero-order chi connectivity index (χ0) is 17.7. The molecule has 0 aliphatic rings. The van der Waals surface area contributed by atoms with Gasteiger partial charge in [0.1, 0.15) is 12.8 Å². The number of para-hydroxylation sites is 1. The highest BCUT2D eigenvalue weighted by molar-refractivity contribution is 5.99. The first-order valence-corrected chi connectivity index (χ1v) is 7.10. The number of nitrogens with zero attached hydrogens (tertiary/aromatic N) is 1. The van der Waals surface area contributed by atoms with Crippen LogP contribution in [-0.4, -0.2) is 29.8 Å². The molecule has 1 N–H and O–H groups in total. The van der Waals surface area contributed by atoms with E-state index in [1.54, 1.807) is 6.92 Å². The van der Waals surface area contributed by atoms with Crippen LogP contribution in [0.2, 0.25) is 0 Å². The molecule has 0 atom stereocenters. The number of nitrogens with one attached hydrogen (secondary N) is 1. The molecule has 8 heteroatoms. The van der Waals surface area contributed by atoms with Crippen molar-refractivity contribution < 1.29 is 27.2 Å². The number of likely N-dealkylation sites (N-methyl/N-ethyl adjacent to an activating group) is 1. The van der Waals surface area contributed by atoms with Gasteiger partial charge in [0.2, 0.25) is 5.91 Å². The van der Waals surface area contributed by atoms with E-state index in [1.165, 1.54) is 35.6 Å². The van der Waals surface area contributed by atoms with Gasteiger partial charge in [0.15, 0.2) is 0 Å². The number of anilines is 1. The average Bonchev–Trinajstić information content (AvgIpc) is 3.06. The summed E-state index contributed by atoms with van der Waals surface area (Å²) in [6.45, 7) is 1.51. The number of hydrogen-bond acceptors (Lipinski definition) is 3. The highest BCUT2D eigenvalue weighted by Gasteiger charge is 2.33. The van der Waals surface area contributed by atoms with Crippen LogP contribution in [0.25, 0.3) is 0 Å². The number of alkyl halides is 3. The van der Waals surface area contributed by atoms with E-state index in [1.807, 2.05) is 0 Å². The largest absolute Gasteiger partial charge is 0.472 e. The molecule has 0 saturated heterocycles. The summed E-state index contributed by atoms with van der Waals surface area (Å²) in [5, 5.41) is 2.21. The van der Waals surface area contributed by atoms with Crippen LogP contribution in [0.3, 0.4) is 0 Å². The Morgan fingerprint density at radius 2 is 1.92 bits per heavy atom. The maximum atomic E-state index is 12.9. The van der Waals surface area contributed by atoms with Crippen LogP contribution in [0.4, 0.5) is 18.9 Å². The minimum Gasteiger partial charge on any atom is -0.472 e. The van der Waals surface area contributed by atoms with Gasteiger partial charge in [-0.15, -0.1) is 0 Å². The summed E-state index contributed by atoms with van der Waals surface area (Å²) in [5.41, 5.74) is -1.02. The monoisotopic (exact) mass is 340 g/mol. The molecule has 2 rings (SSSR count). The van der Waals surface area contributed by atoms with Gasteiger partial charge in [-0.3, -0.25) is 9.59 Å². The van der Waals surface area contributed by atoms with E-state index >= 15 is 0 Å². The molecule has 0 radical (unpaired) electrons. The third-order valence-corrected chi connectivity index (χ3v) is 3.28. The van der Waals surface area contributed by atoms with Crippen molar-refractivity contribution in [2.24, 2.45) is 0 Å². The minimum atomic E-state index is -4.58. The minimum absolute atomic E-state index is 0.221. The maximum absolute atomic E-state index is 12.9. The quantitative estimate of drug-likeness (QED) is 0.907. The molecule has 0 unspecified atom stereocenters. The zero-order valence-corrected chi connectivity index (χ0v) is 12.8. The Morgan fingerprint density at radius 1 is 1.21 bits per heavy atom. The molecule has 0 saturated carbocycles. The van der Waals surface area contributed by atoms with Crippen molar-refractivity contribution in [3.63, 3.8) is 0 Å².